The predicted molar refractivity (Wildman–Crippen MR) is 71.7 cm³/mol. The zero-order valence-electron chi connectivity index (χ0n) is 10.0. The third kappa shape index (κ3) is 4.11. The highest BCUT2D eigenvalue weighted by atomic mass is 16.1. The fraction of sp³-hybridized carbons (Fsp3) is 0.133. The van der Waals surface area contributed by atoms with E-state index in [-0.39, 0.29) is 5.78 Å². The van der Waals surface area contributed by atoms with Gasteiger partial charge in [0.25, 0.3) is 0 Å². The first-order valence-electron chi connectivity index (χ1n) is 5.47. The average Bonchev–Trinajstić information content (AvgIpc) is 2.29. The zero-order chi connectivity index (χ0) is 12.7. The van der Waals surface area contributed by atoms with Crippen molar-refractivity contribution in [3.05, 3.63) is 72.0 Å². The van der Waals surface area contributed by atoms with Crippen LogP contribution in [0.4, 0.5) is 0 Å². The Morgan fingerprint density at radius 1 is 1.47 bits per heavy atom. The minimum absolute atomic E-state index is 0.0832. The van der Waals surface area contributed by atoms with Crippen molar-refractivity contribution in [3.63, 3.8) is 0 Å². The molecule has 0 aromatic heterocycles. The number of ketones is 1. The van der Waals surface area contributed by atoms with Gasteiger partial charge < -0.3 is 5.73 Å². The maximum absolute atomic E-state index is 12.0. The van der Waals surface area contributed by atoms with Gasteiger partial charge in [-0.15, -0.1) is 0 Å². The topological polar surface area (TPSA) is 43.1 Å². The number of nitrogens with two attached hydrogens (primary N) is 1. The number of carbonyl (C=O) groups excluding carboxylic acids is 1. The van der Waals surface area contributed by atoms with Gasteiger partial charge >= 0.3 is 0 Å². The van der Waals surface area contributed by atoms with Crippen molar-refractivity contribution in [3.8, 4) is 0 Å². The maximum Gasteiger partial charge on any atom is 0.167 e. The van der Waals surface area contributed by atoms with Crippen molar-refractivity contribution in [2.24, 2.45) is 5.73 Å². The number of benzene rings is 1. The number of rotatable bonds is 5. The van der Waals surface area contributed by atoms with Crippen LogP contribution in [0.1, 0.15) is 22.3 Å². The fourth-order valence-electron chi connectivity index (χ4n) is 1.55. The van der Waals surface area contributed by atoms with Crippen LogP contribution in [0.3, 0.4) is 0 Å². The molecule has 1 rings (SSSR count). The summed E-state index contributed by atoms with van der Waals surface area (Å²) in [6.07, 6.45) is 6.92. The smallest absolute Gasteiger partial charge is 0.167 e. The van der Waals surface area contributed by atoms with E-state index in [1.807, 2.05) is 31.2 Å². The van der Waals surface area contributed by atoms with Gasteiger partial charge in [-0.05, 0) is 30.8 Å². The molecule has 1 aromatic rings. The summed E-state index contributed by atoms with van der Waals surface area (Å²) in [5.74, 6) is 0.0832. The second-order valence-electron chi connectivity index (χ2n) is 3.81. The van der Waals surface area contributed by atoms with Crippen molar-refractivity contribution in [2.45, 2.75) is 13.3 Å². The summed E-state index contributed by atoms with van der Waals surface area (Å²) in [6.45, 7) is 5.58. The molecular weight excluding hydrogens is 210 g/mol. The van der Waals surface area contributed by atoms with Gasteiger partial charge in [0, 0.05) is 12.0 Å². The Balaban J connectivity index is 2.84. The quantitative estimate of drug-likeness (QED) is 0.620. The van der Waals surface area contributed by atoms with Gasteiger partial charge in [0.1, 0.15) is 0 Å². The van der Waals surface area contributed by atoms with Crippen LogP contribution in [0.2, 0.25) is 0 Å². The van der Waals surface area contributed by atoms with E-state index in [2.05, 4.69) is 6.58 Å². The van der Waals surface area contributed by atoms with Gasteiger partial charge in [0.2, 0.25) is 0 Å². The Hall–Kier alpha value is -2.09. The first-order chi connectivity index (χ1) is 8.17. The highest BCUT2D eigenvalue weighted by Crippen LogP contribution is 2.12. The Bertz CT molecular complexity index is 470. The lowest BCUT2D eigenvalue weighted by atomic mass is 10.0. The van der Waals surface area contributed by atoms with Crippen molar-refractivity contribution >= 4 is 5.78 Å². The molecule has 0 aliphatic carbocycles. The number of hydrogen-bond donors (Lipinski definition) is 1. The molecule has 2 N–H and O–H groups in total. The van der Waals surface area contributed by atoms with E-state index in [9.17, 15) is 4.79 Å². The molecule has 0 atom stereocenters. The molecule has 0 radical (unpaired) electrons. The summed E-state index contributed by atoms with van der Waals surface area (Å²) in [5.41, 5.74) is 8.00. The van der Waals surface area contributed by atoms with Crippen molar-refractivity contribution in [2.75, 3.05) is 0 Å². The van der Waals surface area contributed by atoms with E-state index in [0.717, 1.165) is 16.7 Å². The third-order valence-electron chi connectivity index (χ3n) is 2.35. The van der Waals surface area contributed by atoms with Crippen LogP contribution in [0, 0.1) is 6.92 Å². The Morgan fingerprint density at radius 3 is 2.82 bits per heavy atom. The molecular formula is C15H17NO. The van der Waals surface area contributed by atoms with Crippen LogP contribution in [-0.4, -0.2) is 5.78 Å². The SMILES string of the molecule is C=C/C=C(\C=C/N)CC(=O)c1cccc(C)c1. The fourth-order valence-corrected chi connectivity index (χ4v) is 1.55. The van der Waals surface area contributed by atoms with Crippen molar-refractivity contribution in [1.82, 2.24) is 0 Å². The van der Waals surface area contributed by atoms with E-state index in [1.54, 1.807) is 18.2 Å². The lowest BCUT2D eigenvalue weighted by Crippen LogP contribution is -2.00. The second-order valence-corrected chi connectivity index (χ2v) is 3.81. The molecule has 2 heteroatoms. The third-order valence-corrected chi connectivity index (χ3v) is 2.35. The zero-order valence-corrected chi connectivity index (χ0v) is 10.0. The lowest BCUT2D eigenvalue weighted by molar-refractivity contribution is 0.0993. The van der Waals surface area contributed by atoms with Gasteiger partial charge in [-0.2, -0.15) is 0 Å². The maximum atomic E-state index is 12.0. The number of aryl methyl sites for hydroxylation is 1. The predicted octanol–water partition coefficient (Wildman–Crippen LogP) is 3.15. The molecule has 0 amide bonds. The average molecular weight is 227 g/mol. The van der Waals surface area contributed by atoms with Crippen LogP contribution in [0.25, 0.3) is 0 Å². The van der Waals surface area contributed by atoms with E-state index in [0.29, 0.717) is 6.42 Å². The van der Waals surface area contributed by atoms with Gasteiger partial charge in [-0.1, -0.05) is 42.5 Å². The van der Waals surface area contributed by atoms with E-state index in [1.165, 1.54) is 6.20 Å². The summed E-state index contributed by atoms with van der Waals surface area (Å²) in [6, 6.07) is 7.57. The molecule has 0 unspecified atom stereocenters. The summed E-state index contributed by atoms with van der Waals surface area (Å²) in [7, 11) is 0. The molecule has 2 nitrogen and oxygen atoms in total. The summed E-state index contributed by atoms with van der Waals surface area (Å²) in [5, 5.41) is 0. The Morgan fingerprint density at radius 2 is 2.24 bits per heavy atom. The molecule has 0 spiro atoms. The van der Waals surface area contributed by atoms with Gasteiger partial charge in [-0.25, -0.2) is 0 Å². The standard InChI is InChI=1S/C15H17NO/c1-3-5-13(8-9-16)11-15(17)14-7-4-6-12(2)10-14/h3-10H,1,11,16H2,2H3/b9-8-,13-5+. The minimum Gasteiger partial charge on any atom is -0.405 e. The highest BCUT2D eigenvalue weighted by molar-refractivity contribution is 5.98. The first-order valence-corrected chi connectivity index (χ1v) is 5.47. The van der Waals surface area contributed by atoms with E-state index >= 15 is 0 Å². The molecule has 0 saturated carbocycles. The van der Waals surface area contributed by atoms with Crippen LogP contribution in [0.5, 0.6) is 0 Å². The normalized spacial score (nSPS) is 11.7. The summed E-state index contributed by atoms with van der Waals surface area (Å²) in [4.78, 5) is 12.0. The summed E-state index contributed by atoms with van der Waals surface area (Å²) >= 11 is 0. The highest BCUT2D eigenvalue weighted by Gasteiger charge is 2.07. The van der Waals surface area contributed by atoms with Gasteiger partial charge in [0.15, 0.2) is 5.78 Å². The molecule has 17 heavy (non-hydrogen) atoms. The van der Waals surface area contributed by atoms with Crippen molar-refractivity contribution in [1.29, 1.82) is 0 Å². The largest absolute Gasteiger partial charge is 0.405 e. The van der Waals surface area contributed by atoms with Crippen LogP contribution >= 0.6 is 0 Å². The minimum atomic E-state index is 0.0832. The Labute approximate surface area is 102 Å². The van der Waals surface area contributed by atoms with Crippen LogP contribution in [-0.2, 0) is 0 Å². The van der Waals surface area contributed by atoms with Gasteiger partial charge in [-0.3, -0.25) is 4.79 Å². The Kier molecular flexibility index (Phi) is 4.95. The molecule has 0 aliphatic heterocycles. The number of carbonyl (C=O) groups is 1. The monoisotopic (exact) mass is 227 g/mol. The lowest BCUT2D eigenvalue weighted by Gasteiger charge is -2.03. The molecule has 0 bridgehead atoms. The number of Topliss-reactive ketones (excluding diaryl/α,β-unsaturated/α-hetero) is 1. The van der Waals surface area contributed by atoms with Gasteiger partial charge in [0.05, 0.1) is 0 Å². The number of allylic oxidation sites excluding steroid dienone is 4. The summed E-state index contributed by atoms with van der Waals surface area (Å²) < 4.78 is 0. The number of hydrogen-bond acceptors (Lipinski definition) is 2. The molecule has 0 fully saturated rings. The molecule has 0 heterocycles. The molecule has 0 aliphatic rings. The van der Waals surface area contributed by atoms with E-state index in [4.69, 9.17) is 5.73 Å². The first kappa shape index (κ1) is 13.0. The molecule has 1 aromatic carbocycles. The van der Waals surface area contributed by atoms with Crippen LogP contribution < -0.4 is 5.73 Å². The molecule has 88 valence electrons. The van der Waals surface area contributed by atoms with Crippen LogP contribution in [0.15, 0.2) is 60.8 Å². The second kappa shape index (κ2) is 6.48. The molecule has 0 saturated heterocycles. The van der Waals surface area contributed by atoms with E-state index < -0.39 is 0 Å². The van der Waals surface area contributed by atoms with Crippen molar-refractivity contribution < 1.29 is 4.79 Å².